The number of carbonyl (C=O) groups is 3. The van der Waals surface area contributed by atoms with E-state index in [4.69, 9.17) is 40.5 Å². The van der Waals surface area contributed by atoms with Crippen LogP contribution in [0, 0.1) is 0 Å². The van der Waals surface area contributed by atoms with Crippen LogP contribution < -0.4 is 11.1 Å². The first kappa shape index (κ1) is 22.4. The van der Waals surface area contributed by atoms with Crippen molar-refractivity contribution in [3.05, 3.63) is 43.8 Å². The maximum atomic E-state index is 13.2. The summed E-state index contributed by atoms with van der Waals surface area (Å²) in [7, 11) is 0. The fraction of sp³-hybridized carbons (Fsp3) is 0.222. The third kappa shape index (κ3) is 3.61. The highest BCUT2D eigenvalue weighted by atomic mass is 35.5. The molecule has 2 aliphatic heterocycles. The number of thioether (sulfide) groups is 1. The second-order valence-corrected chi connectivity index (χ2v) is 10.1. The number of rotatable bonds is 4. The van der Waals surface area contributed by atoms with Gasteiger partial charge in [-0.25, -0.2) is 9.78 Å². The van der Waals surface area contributed by atoms with Crippen LogP contribution in [0.4, 0.5) is 9.93 Å². The van der Waals surface area contributed by atoms with Crippen molar-refractivity contribution in [2.75, 3.05) is 18.0 Å². The highest BCUT2D eigenvalue weighted by Crippen LogP contribution is 2.44. The summed E-state index contributed by atoms with van der Waals surface area (Å²) in [4.78, 5) is 41.7. The Balaban J connectivity index is 1.70. The van der Waals surface area contributed by atoms with Gasteiger partial charge in [0.25, 0.3) is 5.91 Å². The number of halogens is 3. The minimum Gasteiger partial charge on any atom is -0.435 e. The van der Waals surface area contributed by atoms with Gasteiger partial charge in [-0.2, -0.15) is 4.79 Å². The zero-order valence-electron chi connectivity index (χ0n) is 15.5. The van der Waals surface area contributed by atoms with Gasteiger partial charge in [0.2, 0.25) is 6.04 Å². The number of carbonyl (C=O) groups excluding carboxylic acids is 2. The number of carboxylic acid groups (broad SMARTS) is 1. The number of thiazole rings is 1. The van der Waals surface area contributed by atoms with Crippen molar-refractivity contribution < 1.29 is 24.0 Å². The van der Waals surface area contributed by atoms with Gasteiger partial charge in [0.15, 0.2) is 10.5 Å². The Hall–Kier alpha value is -1.82. The van der Waals surface area contributed by atoms with Gasteiger partial charge < -0.3 is 16.2 Å². The quantitative estimate of drug-likeness (QED) is 0.242. The van der Waals surface area contributed by atoms with Gasteiger partial charge in [-0.15, -0.1) is 15.8 Å². The lowest BCUT2D eigenvalue weighted by molar-refractivity contribution is -0.815. The Morgan fingerprint density at radius 1 is 1.29 bits per heavy atom. The number of hydrogen-bond acceptors (Lipinski definition) is 7. The Morgan fingerprint density at radius 3 is 2.65 bits per heavy atom. The molecule has 2 unspecified atom stereocenters. The van der Waals surface area contributed by atoms with E-state index in [9.17, 15) is 19.5 Å². The fourth-order valence-corrected chi connectivity index (χ4v) is 6.36. The zero-order valence-corrected chi connectivity index (χ0v) is 19.4. The highest BCUT2D eigenvalue weighted by Gasteiger charge is 2.72. The number of β-lactam (4-membered cyclic amide) rings is 1. The first-order chi connectivity index (χ1) is 14.7. The molecule has 0 radical (unpaired) electrons. The molecule has 13 heteroatoms. The van der Waals surface area contributed by atoms with Crippen LogP contribution in [0.3, 0.4) is 0 Å². The molecule has 2 saturated heterocycles. The van der Waals surface area contributed by atoms with E-state index in [1.165, 1.54) is 30.0 Å². The molecule has 0 spiro atoms. The molecule has 3 atom stereocenters. The van der Waals surface area contributed by atoms with Crippen molar-refractivity contribution in [3.63, 3.8) is 0 Å². The van der Waals surface area contributed by atoms with Crippen LogP contribution in [0.2, 0.25) is 15.1 Å². The van der Waals surface area contributed by atoms with Crippen molar-refractivity contribution in [1.29, 1.82) is 0 Å². The van der Waals surface area contributed by atoms with E-state index in [-0.39, 0.29) is 38.0 Å². The number of hydrogen-bond donors (Lipinski definition) is 3. The van der Waals surface area contributed by atoms with Gasteiger partial charge in [-0.05, 0) is 18.2 Å². The molecular formula is C18H14Cl3N4O4S2+. The van der Waals surface area contributed by atoms with Crippen LogP contribution in [0.5, 0.6) is 0 Å². The van der Waals surface area contributed by atoms with E-state index in [1.54, 1.807) is 5.38 Å². The Bertz CT molecular complexity index is 1150. The van der Waals surface area contributed by atoms with Gasteiger partial charge in [0.05, 0.1) is 21.3 Å². The predicted molar refractivity (Wildman–Crippen MR) is 122 cm³/mol. The maximum absolute atomic E-state index is 13.2. The summed E-state index contributed by atoms with van der Waals surface area (Å²) in [6.45, 7) is 0.189. The first-order valence-corrected chi connectivity index (χ1v) is 11.9. The number of nitrogens with one attached hydrogen (secondary N) is 1. The number of aromatic nitrogens is 1. The van der Waals surface area contributed by atoms with E-state index in [1.807, 2.05) is 0 Å². The summed E-state index contributed by atoms with van der Waals surface area (Å²) >= 11 is 21.1. The lowest BCUT2D eigenvalue weighted by atomic mass is 10.0. The van der Waals surface area contributed by atoms with Crippen LogP contribution in [-0.4, -0.2) is 56.2 Å². The molecule has 162 valence electrons. The minimum atomic E-state index is -1.22. The summed E-state index contributed by atoms with van der Waals surface area (Å²) in [6.07, 6.45) is 0.205. The van der Waals surface area contributed by atoms with Gasteiger partial charge in [0, 0.05) is 21.7 Å². The summed E-state index contributed by atoms with van der Waals surface area (Å²) in [6, 6.07) is 2.12. The molecule has 0 saturated carbocycles. The third-order valence-electron chi connectivity index (χ3n) is 5.15. The zero-order chi connectivity index (χ0) is 22.5. The Morgan fingerprint density at radius 2 is 2.00 bits per heavy atom. The summed E-state index contributed by atoms with van der Waals surface area (Å²) in [5.41, 5.74) is 6.36. The molecule has 8 nitrogen and oxygen atoms in total. The van der Waals surface area contributed by atoms with Crippen molar-refractivity contribution in [3.8, 4) is 0 Å². The number of quaternary nitrogens is 1. The standard InChI is InChI=1S/C18H13Cl3N4O4S2/c19-9-1-2-10(20)12(21)7(9)5-8(11-6-31-17(22)23-11)14(26)24-13-15(27)25(18(28)29)3-4-30-16(13)25/h1-2,5-6,13,16H,3-4H2,(H3-,22,23,24,26,28,29)/p+1/t13?,16-,25?/m0/s1. The molecule has 31 heavy (non-hydrogen) atoms. The van der Waals surface area contributed by atoms with Gasteiger partial charge in [-0.3, -0.25) is 4.79 Å². The normalized spacial score (nSPS) is 25.1. The number of amides is 3. The number of fused-ring (bicyclic) bond motifs is 1. The van der Waals surface area contributed by atoms with E-state index in [0.29, 0.717) is 11.3 Å². The van der Waals surface area contributed by atoms with Crippen LogP contribution in [-0.2, 0) is 9.59 Å². The second-order valence-electron chi connectivity index (χ2n) is 6.81. The largest absolute Gasteiger partial charge is 0.522 e. The van der Waals surface area contributed by atoms with Crippen LogP contribution in [0.25, 0.3) is 11.6 Å². The molecule has 2 fully saturated rings. The molecule has 0 aliphatic carbocycles. The molecule has 2 aliphatic rings. The lowest BCUT2D eigenvalue weighted by Crippen LogP contribution is -2.79. The Kier molecular flexibility index (Phi) is 5.97. The smallest absolute Gasteiger partial charge is 0.435 e. The number of anilines is 1. The second kappa shape index (κ2) is 8.27. The summed E-state index contributed by atoms with van der Waals surface area (Å²) in [5.74, 6) is -0.688. The van der Waals surface area contributed by atoms with E-state index >= 15 is 0 Å². The number of benzene rings is 1. The monoisotopic (exact) mass is 519 g/mol. The van der Waals surface area contributed by atoms with Gasteiger partial charge in [-0.1, -0.05) is 46.6 Å². The molecule has 3 amide bonds. The van der Waals surface area contributed by atoms with E-state index < -0.39 is 33.8 Å². The lowest BCUT2D eigenvalue weighted by Gasteiger charge is -2.44. The molecule has 1 aromatic heterocycles. The van der Waals surface area contributed by atoms with Crippen molar-refractivity contribution in [1.82, 2.24) is 10.3 Å². The topological polar surface area (TPSA) is 122 Å². The van der Waals surface area contributed by atoms with Crippen molar-refractivity contribution in [2.24, 2.45) is 0 Å². The number of nitrogen functional groups attached to an aromatic ring is 1. The molecule has 0 bridgehead atoms. The first-order valence-electron chi connectivity index (χ1n) is 8.81. The highest BCUT2D eigenvalue weighted by molar-refractivity contribution is 8.00. The van der Waals surface area contributed by atoms with Crippen LogP contribution in [0.1, 0.15) is 11.3 Å². The van der Waals surface area contributed by atoms with Crippen molar-refractivity contribution >= 4 is 92.6 Å². The summed E-state index contributed by atoms with van der Waals surface area (Å²) in [5, 5.41) is 14.1. The van der Waals surface area contributed by atoms with Crippen LogP contribution >= 0.6 is 57.9 Å². The van der Waals surface area contributed by atoms with E-state index in [2.05, 4.69) is 10.3 Å². The Labute approximate surface area is 199 Å². The van der Waals surface area contributed by atoms with Crippen LogP contribution in [0.15, 0.2) is 17.5 Å². The van der Waals surface area contributed by atoms with Gasteiger partial charge in [0.1, 0.15) is 6.54 Å². The molecule has 2 aromatic rings. The minimum absolute atomic E-state index is 0.0649. The molecule has 1 aromatic carbocycles. The number of nitrogens with zero attached hydrogens (tertiary/aromatic N) is 2. The predicted octanol–water partition coefficient (Wildman–Crippen LogP) is 3.82. The van der Waals surface area contributed by atoms with E-state index in [0.717, 1.165) is 11.3 Å². The number of imide groups is 1. The van der Waals surface area contributed by atoms with Crippen molar-refractivity contribution in [2.45, 2.75) is 11.4 Å². The molecular weight excluding hydrogens is 507 g/mol. The molecule has 3 heterocycles. The average molecular weight is 521 g/mol. The third-order valence-corrected chi connectivity index (χ3v) is 8.36. The number of nitrogens with two attached hydrogens (primary N) is 1. The van der Waals surface area contributed by atoms with Gasteiger partial charge >= 0.3 is 12.0 Å². The molecule has 4 rings (SSSR count). The fourth-order valence-electron chi connectivity index (χ4n) is 3.58. The molecule has 4 N–H and O–H groups in total. The summed E-state index contributed by atoms with van der Waals surface area (Å²) < 4.78 is -0.676. The SMILES string of the molecule is Nc1nc(C(=Cc2c(Cl)ccc(Cl)c2Cl)C(=O)NC2C(=O)[N+]3(C(=O)O)CCS[C@@H]23)cs1. The average Bonchev–Trinajstić information content (AvgIpc) is 3.33. The maximum Gasteiger partial charge on any atom is 0.522 e.